The van der Waals surface area contributed by atoms with E-state index in [2.05, 4.69) is 15.8 Å². The van der Waals surface area contributed by atoms with E-state index >= 15 is 0 Å². The standard InChI is InChI=1S/C8H17N3O3/c1-6(2)14-7(12)9-5-10-8(3,4)11-13/h6,10H,5H2,1-4H3,(H,9,12). The Hall–Kier alpha value is -1.17. The molecule has 0 saturated heterocycles. The molecular weight excluding hydrogens is 186 g/mol. The molecule has 0 aliphatic rings. The van der Waals surface area contributed by atoms with Gasteiger partial charge in [0.15, 0.2) is 0 Å². The molecule has 0 atom stereocenters. The highest BCUT2D eigenvalue weighted by atomic mass is 16.6. The van der Waals surface area contributed by atoms with Crippen LogP contribution in [0.15, 0.2) is 5.18 Å². The second-order valence-electron chi connectivity index (χ2n) is 3.63. The van der Waals surface area contributed by atoms with E-state index in [0.717, 1.165) is 0 Å². The van der Waals surface area contributed by atoms with Crippen molar-refractivity contribution in [2.45, 2.75) is 39.5 Å². The summed E-state index contributed by atoms with van der Waals surface area (Å²) in [6.45, 7) is 6.86. The molecule has 0 aromatic carbocycles. The average molecular weight is 203 g/mol. The predicted octanol–water partition coefficient (Wildman–Crippen LogP) is 1.17. The first-order valence-corrected chi connectivity index (χ1v) is 4.41. The SMILES string of the molecule is CC(C)OC(=O)NCNC(C)(C)N=O. The van der Waals surface area contributed by atoms with E-state index in [1.54, 1.807) is 27.7 Å². The van der Waals surface area contributed by atoms with E-state index in [1.165, 1.54) is 0 Å². The molecular formula is C8H17N3O3. The number of nitrogens with one attached hydrogen (secondary N) is 2. The Kier molecular flexibility index (Phi) is 5.07. The maximum atomic E-state index is 10.9. The molecule has 6 nitrogen and oxygen atoms in total. The van der Waals surface area contributed by atoms with Crippen LogP contribution in [0.1, 0.15) is 27.7 Å². The van der Waals surface area contributed by atoms with Crippen LogP contribution in [0.25, 0.3) is 0 Å². The summed E-state index contributed by atoms with van der Waals surface area (Å²) < 4.78 is 4.80. The van der Waals surface area contributed by atoms with Crippen LogP contribution >= 0.6 is 0 Å². The van der Waals surface area contributed by atoms with E-state index in [9.17, 15) is 9.70 Å². The Balaban J connectivity index is 3.64. The summed E-state index contributed by atoms with van der Waals surface area (Å²) in [6, 6.07) is 0. The lowest BCUT2D eigenvalue weighted by atomic mass is 10.3. The lowest BCUT2D eigenvalue weighted by Crippen LogP contribution is -2.44. The highest BCUT2D eigenvalue weighted by Gasteiger charge is 2.16. The van der Waals surface area contributed by atoms with Gasteiger partial charge >= 0.3 is 6.09 Å². The number of alkyl carbamates (subject to hydrolysis) is 1. The van der Waals surface area contributed by atoms with Crippen molar-refractivity contribution >= 4 is 6.09 Å². The monoisotopic (exact) mass is 203 g/mol. The van der Waals surface area contributed by atoms with E-state index < -0.39 is 11.8 Å². The minimum atomic E-state index is -0.884. The molecule has 0 unspecified atom stereocenters. The minimum absolute atomic E-state index is 0.143. The van der Waals surface area contributed by atoms with Crippen LogP contribution in [-0.2, 0) is 4.74 Å². The summed E-state index contributed by atoms with van der Waals surface area (Å²) in [5.41, 5.74) is -0.884. The molecule has 82 valence electrons. The van der Waals surface area contributed by atoms with E-state index in [0.29, 0.717) is 0 Å². The summed E-state index contributed by atoms with van der Waals surface area (Å²) in [7, 11) is 0. The number of carbonyl (C=O) groups excluding carboxylic acids is 1. The number of hydrogen-bond acceptors (Lipinski definition) is 5. The van der Waals surface area contributed by atoms with Crippen molar-refractivity contribution in [2.24, 2.45) is 5.18 Å². The lowest BCUT2D eigenvalue weighted by Gasteiger charge is -2.17. The lowest BCUT2D eigenvalue weighted by molar-refractivity contribution is 0.114. The van der Waals surface area contributed by atoms with Crippen molar-refractivity contribution in [1.82, 2.24) is 10.6 Å². The third kappa shape index (κ3) is 6.36. The fraction of sp³-hybridized carbons (Fsp3) is 0.875. The molecule has 0 bridgehead atoms. The van der Waals surface area contributed by atoms with Crippen LogP contribution in [-0.4, -0.2) is 24.5 Å². The Morgan fingerprint density at radius 3 is 2.50 bits per heavy atom. The zero-order valence-electron chi connectivity index (χ0n) is 8.96. The molecule has 0 aromatic rings. The normalized spacial score (nSPS) is 11.2. The number of carbonyl (C=O) groups is 1. The van der Waals surface area contributed by atoms with Crippen LogP contribution in [0.2, 0.25) is 0 Å². The van der Waals surface area contributed by atoms with Crippen molar-refractivity contribution in [3.8, 4) is 0 Å². The van der Waals surface area contributed by atoms with Crippen molar-refractivity contribution in [3.63, 3.8) is 0 Å². The summed E-state index contributed by atoms with van der Waals surface area (Å²) in [5, 5.41) is 7.98. The van der Waals surface area contributed by atoms with Crippen LogP contribution in [0.3, 0.4) is 0 Å². The fourth-order valence-corrected chi connectivity index (χ4v) is 0.621. The van der Waals surface area contributed by atoms with Crippen LogP contribution in [0, 0.1) is 4.91 Å². The molecule has 6 heteroatoms. The van der Waals surface area contributed by atoms with Gasteiger partial charge in [0.1, 0.15) is 5.66 Å². The van der Waals surface area contributed by atoms with Crippen molar-refractivity contribution in [2.75, 3.05) is 6.67 Å². The fourth-order valence-electron chi connectivity index (χ4n) is 0.621. The van der Waals surface area contributed by atoms with E-state index in [1.807, 2.05) is 0 Å². The number of ether oxygens (including phenoxy) is 1. The molecule has 0 fully saturated rings. The second kappa shape index (κ2) is 5.54. The summed E-state index contributed by atoms with van der Waals surface area (Å²) >= 11 is 0. The molecule has 0 radical (unpaired) electrons. The third-order valence-corrected chi connectivity index (χ3v) is 1.32. The van der Waals surface area contributed by atoms with E-state index in [4.69, 9.17) is 4.74 Å². The number of nitroso groups, excluding NO2 is 1. The number of rotatable bonds is 5. The first kappa shape index (κ1) is 12.8. The first-order chi connectivity index (χ1) is 6.37. The number of nitrogens with zero attached hydrogens (tertiary/aromatic N) is 1. The Bertz CT molecular complexity index is 204. The Morgan fingerprint density at radius 1 is 1.50 bits per heavy atom. The second-order valence-corrected chi connectivity index (χ2v) is 3.63. The summed E-state index contributed by atoms with van der Waals surface area (Å²) in [6.07, 6.45) is -0.679. The van der Waals surface area contributed by atoms with Gasteiger partial charge in [0, 0.05) is 0 Å². The molecule has 0 heterocycles. The molecule has 0 aliphatic heterocycles. The van der Waals surface area contributed by atoms with Gasteiger partial charge in [0.25, 0.3) is 0 Å². The van der Waals surface area contributed by atoms with E-state index in [-0.39, 0.29) is 12.8 Å². The third-order valence-electron chi connectivity index (χ3n) is 1.32. The van der Waals surface area contributed by atoms with Gasteiger partial charge < -0.3 is 10.1 Å². The van der Waals surface area contributed by atoms with Gasteiger partial charge in [-0.3, -0.25) is 5.32 Å². The highest BCUT2D eigenvalue weighted by molar-refractivity contribution is 5.67. The topological polar surface area (TPSA) is 79.8 Å². The number of amides is 1. The summed E-state index contributed by atoms with van der Waals surface area (Å²) in [4.78, 5) is 21.2. The zero-order valence-corrected chi connectivity index (χ0v) is 8.96. The molecule has 0 rings (SSSR count). The first-order valence-electron chi connectivity index (χ1n) is 4.41. The smallest absolute Gasteiger partial charge is 0.408 e. The van der Waals surface area contributed by atoms with Gasteiger partial charge in [0.05, 0.1) is 12.8 Å². The molecule has 14 heavy (non-hydrogen) atoms. The van der Waals surface area contributed by atoms with Crippen molar-refractivity contribution in [1.29, 1.82) is 0 Å². The van der Waals surface area contributed by atoms with Crippen molar-refractivity contribution in [3.05, 3.63) is 4.91 Å². The molecule has 0 aromatic heterocycles. The highest BCUT2D eigenvalue weighted by Crippen LogP contribution is 2.00. The molecule has 1 amide bonds. The van der Waals surface area contributed by atoms with Gasteiger partial charge in [-0.1, -0.05) is 0 Å². The predicted molar refractivity (Wildman–Crippen MR) is 52.6 cm³/mol. The molecule has 0 spiro atoms. The van der Waals surface area contributed by atoms with Crippen LogP contribution in [0.5, 0.6) is 0 Å². The van der Waals surface area contributed by atoms with Gasteiger partial charge in [-0.15, -0.1) is 4.91 Å². The van der Waals surface area contributed by atoms with Gasteiger partial charge in [-0.25, -0.2) is 4.79 Å². The maximum Gasteiger partial charge on any atom is 0.408 e. The largest absolute Gasteiger partial charge is 0.447 e. The van der Waals surface area contributed by atoms with Gasteiger partial charge in [0.2, 0.25) is 0 Å². The van der Waals surface area contributed by atoms with Gasteiger partial charge in [-0.2, -0.15) is 0 Å². The number of hydrogen-bond donors (Lipinski definition) is 2. The van der Waals surface area contributed by atoms with Crippen LogP contribution in [0.4, 0.5) is 4.79 Å². The maximum absolute atomic E-state index is 10.9. The molecule has 2 N–H and O–H groups in total. The minimum Gasteiger partial charge on any atom is -0.447 e. The van der Waals surface area contributed by atoms with Crippen molar-refractivity contribution < 1.29 is 9.53 Å². The van der Waals surface area contributed by atoms with Crippen LogP contribution < -0.4 is 10.6 Å². The quantitative estimate of drug-likeness (QED) is 0.519. The Morgan fingerprint density at radius 2 is 2.07 bits per heavy atom. The van der Waals surface area contributed by atoms with Gasteiger partial charge in [-0.05, 0) is 32.9 Å². The molecule has 0 saturated carbocycles. The molecule has 0 aliphatic carbocycles. The Labute approximate surface area is 83.4 Å². The summed E-state index contributed by atoms with van der Waals surface area (Å²) in [5.74, 6) is 0. The average Bonchev–Trinajstić information content (AvgIpc) is 2.02. The zero-order chi connectivity index (χ0) is 11.2.